The molecule has 9 heteroatoms. The molecule has 1 aliphatic heterocycles. The first-order valence-electron chi connectivity index (χ1n) is 10.8. The highest BCUT2D eigenvalue weighted by Crippen LogP contribution is 2.22. The van der Waals surface area contributed by atoms with Crippen LogP contribution in [0, 0.1) is 0 Å². The first-order valence-corrected chi connectivity index (χ1v) is 12.3. The third-order valence-corrected chi connectivity index (χ3v) is 7.23. The Bertz CT molecular complexity index is 1010. The van der Waals surface area contributed by atoms with Crippen LogP contribution in [0.15, 0.2) is 47.5 Å². The van der Waals surface area contributed by atoms with Crippen molar-refractivity contribution in [1.29, 1.82) is 0 Å². The molecule has 0 bridgehead atoms. The van der Waals surface area contributed by atoms with Crippen LogP contribution in [0.3, 0.4) is 0 Å². The second-order valence-corrected chi connectivity index (χ2v) is 9.77. The minimum Gasteiger partial charge on any atom is -0.354 e. The maximum Gasteiger partial charge on any atom is 0.251 e. The fraction of sp³-hybridized carbons (Fsp3) is 0.455. The third-order valence-electron chi connectivity index (χ3n) is 5.71. The molecule has 4 rings (SSSR count). The van der Waals surface area contributed by atoms with Gasteiger partial charge in [-0.15, -0.1) is 0 Å². The Labute approximate surface area is 183 Å². The van der Waals surface area contributed by atoms with E-state index in [4.69, 9.17) is 0 Å². The van der Waals surface area contributed by atoms with E-state index in [0.717, 1.165) is 56.9 Å². The van der Waals surface area contributed by atoms with Crippen molar-refractivity contribution in [2.45, 2.75) is 37.2 Å². The number of nitrogens with one attached hydrogen (secondary N) is 2. The first-order chi connectivity index (χ1) is 14.9. The van der Waals surface area contributed by atoms with Gasteiger partial charge in [0.2, 0.25) is 10.0 Å². The highest BCUT2D eigenvalue weighted by atomic mass is 32.2. The first kappa shape index (κ1) is 21.7. The minimum absolute atomic E-state index is 0.0217. The van der Waals surface area contributed by atoms with Crippen molar-refractivity contribution >= 4 is 21.7 Å². The molecular weight excluding hydrogens is 414 g/mol. The molecule has 1 aromatic heterocycles. The van der Waals surface area contributed by atoms with Crippen LogP contribution >= 0.6 is 0 Å². The Morgan fingerprint density at radius 2 is 1.90 bits per heavy atom. The number of rotatable bonds is 8. The zero-order valence-corrected chi connectivity index (χ0v) is 18.6. The highest BCUT2D eigenvalue weighted by molar-refractivity contribution is 7.89. The van der Waals surface area contributed by atoms with Crippen LogP contribution in [0.5, 0.6) is 0 Å². The van der Waals surface area contributed by atoms with Crippen LogP contribution in [-0.2, 0) is 16.6 Å². The van der Waals surface area contributed by atoms with Crippen LogP contribution in [0.4, 0.5) is 5.82 Å². The Hall–Kier alpha value is -2.49. The second-order valence-electron chi connectivity index (χ2n) is 8.05. The number of hydrogen-bond donors (Lipinski definition) is 2. The molecule has 0 radical (unpaired) electrons. The lowest BCUT2D eigenvalue weighted by Crippen LogP contribution is -2.46. The van der Waals surface area contributed by atoms with E-state index in [1.54, 1.807) is 18.3 Å². The fourth-order valence-corrected chi connectivity index (χ4v) is 4.93. The Kier molecular flexibility index (Phi) is 6.54. The molecule has 1 aliphatic carbocycles. The number of pyridine rings is 1. The molecule has 2 aromatic rings. The average molecular weight is 444 g/mol. The average Bonchev–Trinajstić information content (AvgIpc) is 3.61. The number of anilines is 1. The van der Waals surface area contributed by atoms with Gasteiger partial charge in [-0.3, -0.25) is 4.79 Å². The Balaban J connectivity index is 1.33. The predicted molar refractivity (Wildman–Crippen MR) is 120 cm³/mol. The number of likely N-dealkylation sites (N-methyl/N-ethyl adjacent to an activating group) is 1. The Morgan fingerprint density at radius 1 is 1.13 bits per heavy atom. The van der Waals surface area contributed by atoms with E-state index < -0.39 is 10.0 Å². The molecular formula is C22H29N5O3S. The maximum absolute atomic E-state index is 12.5. The van der Waals surface area contributed by atoms with Crippen molar-refractivity contribution in [3.63, 3.8) is 0 Å². The van der Waals surface area contributed by atoms with Crippen LogP contribution in [0.1, 0.15) is 35.7 Å². The van der Waals surface area contributed by atoms with E-state index in [-0.39, 0.29) is 16.8 Å². The summed E-state index contributed by atoms with van der Waals surface area (Å²) in [6, 6.07) is 10.1. The van der Waals surface area contributed by atoms with Crippen molar-refractivity contribution < 1.29 is 13.2 Å². The van der Waals surface area contributed by atoms with Gasteiger partial charge in [-0.1, -0.05) is 19.1 Å². The van der Waals surface area contributed by atoms with Gasteiger partial charge in [0.1, 0.15) is 5.82 Å². The van der Waals surface area contributed by atoms with E-state index in [2.05, 4.69) is 31.7 Å². The number of sulfonamides is 1. The summed E-state index contributed by atoms with van der Waals surface area (Å²) < 4.78 is 27.4. The SMILES string of the molecule is CCN1CCN(c2ccc(CNC(=O)c3cccc(S(=O)(=O)NC4CC4)c3)cn2)CC1. The van der Waals surface area contributed by atoms with Crippen molar-refractivity contribution in [3.8, 4) is 0 Å². The largest absolute Gasteiger partial charge is 0.354 e. The molecule has 2 aliphatic rings. The standard InChI is InChI=1S/C22H29N5O3S/c1-2-26-10-12-27(13-11-26)21-9-6-17(15-23-21)16-24-22(28)18-4-3-5-20(14-18)31(29,30)25-19-7-8-19/h3-6,9,14-15,19,25H,2,7-8,10-13,16H2,1H3,(H,24,28). The molecule has 1 amide bonds. The van der Waals surface area contributed by atoms with Crippen LogP contribution in [0.25, 0.3) is 0 Å². The summed E-state index contributed by atoms with van der Waals surface area (Å²) in [7, 11) is -3.59. The summed E-state index contributed by atoms with van der Waals surface area (Å²) in [5.41, 5.74) is 1.21. The van der Waals surface area contributed by atoms with Gasteiger partial charge in [-0.25, -0.2) is 18.1 Å². The van der Waals surface area contributed by atoms with E-state index in [1.165, 1.54) is 12.1 Å². The van der Waals surface area contributed by atoms with Gasteiger partial charge in [-0.2, -0.15) is 0 Å². The molecule has 0 unspecified atom stereocenters. The molecule has 2 fully saturated rings. The number of carbonyl (C=O) groups is 1. The van der Waals surface area contributed by atoms with Crippen LogP contribution in [-0.4, -0.2) is 63.0 Å². The van der Waals surface area contributed by atoms with Gasteiger partial charge < -0.3 is 15.1 Å². The summed E-state index contributed by atoms with van der Waals surface area (Å²) >= 11 is 0. The number of nitrogens with zero attached hydrogens (tertiary/aromatic N) is 3. The minimum atomic E-state index is -3.59. The van der Waals surface area contributed by atoms with E-state index in [9.17, 15) is 13.2 Å². The third kappa shape index (κ3) is 5.61. The number of hydrogen-bond acceptors (Lipinski definition) is 6. The molecule has 2 heterocycles. The molecule has 1 saturated heterocycles. The normalized spacial score (nSPS) is 17.5. The molecule has 0 atom stereocenters. The summed E-state index contributed by atoms with van der Waals surface area (Å²) in [4.78, 5) is 21.9. The summed E-state index contributed by atoms with van der Waals surface area (Å²) in [5, 5.41) is 2.84. The van der Waals surface area contributed by atoms with Crippen molar-refractivity contribution in [1.82, 2.24) is 19.9 Å². The number of carbonyl (C=O) groups excluding carboxylic acids is 1. The predicted octanol–water partition coefficient (Wildman–Crippen LogP) is 1.59. The molecule has 1 aromatic carbocycles. The van der Waals surface area contributed by atoms with Crippen molar-refractivity contribution in [2.75, 3.05) is 37.6 Å². The zero-order valence-electron chi connectivity index (χ0n) is 17.8. The number of benzene rings is 1. The fourth-order valence-electron chi connectivity index (χ4n) is 3.58. The molecule has 166 valence electrons. The van der Waals surface area contributed by atoms with E-state index in [0.29, 0.717) is 12.1 Å². The summed E-state index contributed by atoms with van der Waals surface area (Å²) in [5.74, 6) is 0.634. The number of piperazine rings is 1. The summed E-state index contributed by atoms with van der Waals surface area (Å²) in [6.45, 7) is 7.59. The van der Waals surface area contributed by atoms with Gasteiger partial charge in [0.05, 0.1) is 4.90 Å². The maximum atomic E-state index is 12.5. The topological polar surface area (TPSA) is 94.6 Å². The quantitative estimate of drug-likeness (QED) is 0.644. The van der Waals surface area contributed by atoms with Gasteiger partial charge >= 0.3 is 0 Å². The lowest BCUT2D eigenvalue weighted by Gasteiger charge is -2.34. The van der Waals surface area contributed by atoms with Gasteiger partial charge in [0.15, 0.2) is 0 Å². The Morgan fingerprint density at radius 3 is 2.55 bits per heavy atom. The van der Waals surface area contributed by atoms with E-state index >= 15 is 0 Å². The van der Waals surface area contributed by atoms with Crippen molar-refractivity contribution in [3.05, 3.63) is 53.7 Å². The van der Waals surface area contributed by atoms with Crippen LogP contribution < -0.4 is 14.9 Å². The monoisotopic (exact) mass is 443 g/mol. The summed E-state index contributed by atoms with van der Waals surface area (Å²) in [6.07, 6.45) is 3.50. The molecule has 0 spiro atoms. The second kappa shape index (κ2) is 9.33. The number of aromatic nitrogens is 1. The van der Waals surface area contributed by atoms with Gasteiger partial charge in [0, 0.05) is 50.5 Å². The lowest BCUT2D eigenvalue weighted by molar-refractivity contribution is 0.0950. The molecule has 31 heavy (non-hydrogen) atoms. The molecule has 8 nitrogen and oxygen atoms in total. The molecule has 2 N–H and O–H groups in total. The van der Waals surface area contributed by atoms with Crippen molar-refractivity contribution in [2.24, 2.45) is 0 Å². The van der Waals surface area contributed by atoms with E-state index in [1.807, 2.05) is 12.1 Å². The van der Waals surface area contributed by atoms with Gasteiger partial charge in [-0.05, 0) is 49.2 Å². The number of amides is 1. The molecule has 1 saturated carbocycles. The zero-order chi connectivity index (χ0) is 21.8. The highest BCUT2D eigenvalue weighted by Gasteiger charge is 2.28. The smallest absolute Gasteiger partial charge is 0.251 e. The lowest BCUT2D eigenvalue weighted by atomic mass is 10.2. The van der Waals surface area contributed by atoms with Gasteiger partial charge in [0.25, 0.3) is 5.91 Å². The van der Waals surface area contributed by atoms with Crippen LogP contribution in [0.2, 0.25) is 0 Å².